The van der Waals surface area contributed by atoms with Crippen LogP contribution in [0.2, 0.25) is 0 Å². The Bertz CT molecular complexity index is 2770. The Morgan fingerprint density at radius 1 is 0.329 bits per heavy atom. The molecule has 0 fully saturated rings. The largest absolute Gasteiger partial charge is 0.0587 e. The Hall–Kier alpha value is -4.68. The average Bonchev–Trinajstić information content (AvgIpc) is 3.25. The molecular weight excluding hydrogens is 841 g/mol. The molecule has 0 bridgehead atoms. The van der Waals surface area contributed by atoms with Gasteiger partial charge < -0.3 is 0 Å². The molecule has 0 aliphatic heterocycles. The maximum atomic E-state index is 2.54. The maximum Gasteiger partial charge on any atom is -0.0132 e. The Balaban J connectivity index is 1.37. The van der Waals surface area contributed by atoms with Crippen LogP contribution in [0.3, 0.4) is 0 Å². The lowest BCUT2D eigenvalue weighted by atomic mass is 9.77. The molecule has 2 unspecified atom stereocenters. The van der Waals surface area contributed by atoms with Crippen LogP contribution in [-0.4, -0.2) is 0 Å². The van der Waals surface area contributed by atoms with Crippen molar-refractivity contribution < 1.29 is 0 Å². The molecule has 6 rings (SSSR count). The fourth-order valence-electron chi connectivity index (χ4n) is 10.5. The van der Waals surface area contributed by atoms with Gasteiger partial charge in [0.25, 0.3) is 0 Å². The lowest BCUT2D eigenvalue weighted by Crippen LogP contribution is -2.16. The van der Waals surface area contributed by atoms with Crippen molar-refractivity contribution in [2.24, 2.45) is 0 Å². The Morgan fingerprint density at radius 2 is 0.657 bits per heavy atom. The summed E-state index contributed by atoms with van der Waals surface area (Å²) in [4.78, 5) is 0. The van der Waals surface area contributed by atoms with E-state index in [9.17, 15) is 0 Å². The highest BCUT2D eigenvalue weighted by atomic mass is 14.3. The molecule has 2 atom stereocenters. The molecule has 0 aliphatic carbocycles. The van der Waals surface area contributed by atoms with Crippen LogP contribution < -0.4 is 0 Å². The molecular formula is C70H94. The van der Waals surface area contributed by atoms with Gasteiger partial charge in [0.15, 0.2) is 0 Å². The third-order valence-electron chi connectivity index (χ3n) is 15.6. The third-order valence-corrected chi connectivity index (χ3v) is 15.6. The monoisotopic (exact) mass is 935 g/mol. The zero-order valence-electron chi connectivity index (χ0n) is 48.6. The third kappa shape index (κ3) is 12.3. The minimum absolute atomic E-state index is 0.0419. The van der Waals surface area contributed by atoms with Crippen molar-refractivity contribution in [2.75, 3.05) is 0 Å². The van der Waals surface area contributed by atoms with Gasteiger partial charge in [-0.25, -0.2) is 0 Å². The van der Waals surface area contributed by atoms with Gasteiger partial charge in [-0.1, -0.05) is 235 Å². The molecule has 0 N–H and O–H groups in total. The summed E-state index contributed by atoms with van der Waals surface area (Å²) in [7, 11) is 0. The van der Waals surface area contributed by atoms with Gasteiger partial charge in [-0.2, -0.15) is 0 Å². The molecule has 0 radical (unpaired) electrons. The topological polar surface area (TPSA) is 0 Å². The van der Waals surface area contributed by atoms with Crippen LogP contribution in [0.1, 0.15) is 235 Å². The summed E-state index contributed by atoms with van der Waals surface area (Å²) in [5.41, 5.74) is 27.9. The predicted molar refractivity (Wildman–Crippen MR) is 312 cm³/mol. The average molecular weight is 936 g/mol. The highest BCUT2D eigenvalue weighted by molar-refractivity contribution is 5.83. The lowest BCUT2D eigenvalue weighted by Gasteiger charge is -2.28. The van der Waals surface area contributed by atoms with Crippen LogP contribution in [0.15, 0.2) is 97.1 Å². The second kappa shape index (κ2) is 20.1. The summed E-state index contributed by atoms with van der Waals surface area (Å²) < 4.78 is 0. The molecule has 0 heteroatoms. The molecule has 374 valence electrons. The van der Waals surface area contributed by atoms with E-state index in [-0.39, 0.29) is 27.1 Å². The Morgan fingerprint density at radius 3 is 1.00 bits per heavy atom. The van der Waals surface area contributed by atoms with Gasteiger partial charge in [0.05, 0.1) is 0 Å². The number of hydrogen-bond donors (Lipinski definition) is 0. The van der Waals surface area contributed by atoms with E-state index in [4.69, 9.17) is 0 Å². The lowest BCUT2D eigenvalue weighted by molar-refractivity contribution is 0.560. The van der Waals surface area contributed by atoms with Gasteiger partial charge >= 0.3 is 0 Å². The fraction of sp³-hybridized carbons (Fsp3) is 0.486. The first-order chi connectivity index (χ1) is 32.1. The van der Waals surface area contributed by atoms with Crippen molar-refractivity contribution in [3.8, 4) is 44.5 Å². The van der Waals surface area contributed by atoms with Crippen molar-refractivity contribution in [2.45, 2.75) is 223 Å². The van der Waals surface area contributed by atoms with Crippen molar-refractivity contribution in [1.82, 2.24) is 0 Å². The first-order valence-corrected chi connectivity index (χ1v) is 27.0. The summed E-state index contributed by atoms with van der Waals surface area (Å²) in [6.07, 6.45) is 3.44. The van der Waals surface area contributed by atoms with Crippen LogP contribution in [-0.2, 0) is 27.1 Å². The van der Waals surface area contributed by atoms with Crippen LogP contribution in [0.5, 0.6) is 0 Å². The molecule has 0 spiro atoms. The van der Waals surface area contributed by atoms with E-state index in [1.54, 1.807) is 0 Å². The molecule has 6 aromatic carbocycles. The predicted octanol–water partition coefficient (Wildman–Crippen LogP) is 21.3. The smallest absolute Gasteiger partial charge is 0.0132 e. The summed E-state index contributed by atoms with van der Waals surface area (Å²) in [6, 6.07) is 39.4. The zero-order valence-corrected chi connectivity index (χ0v) is 48.6. The molecule has 6 aromatic rings. The maximum absolute atomic E-state index is 2.54. The molecule has 0 saturated carbocycles. The van der Waals surface area contributed by atoms with Crippen molar-refractivity contribution >= 4 is 0 Å². The molecule has 0 aromatic heterocycles. The number of rotatable bonds is 11. The van der Waals surface area contributed by atoms with E-state index >= 15 is 0 Å². The van der Waals surface area contributed by atoms with Gasteiger partial charge in [0.2, 0.25) is 0 Å². The summed E-state index contributed by atoms with van der Waals surface area (Å²) in [6.45, 7) is 54.1. The highest BCUT2D eigenvalue weighted by Crippen LogP contribution is 2.45. The van der Waals surface area contributed by atoms with Crippen molar-refractivity contribution in [3.63, 3.8) is 0 Å². The van der Waals surface area contributed by atoms with Crippen LogP contribution in [0, 0.1) is 27.7 Å². The van der Waals surface area contributed by atoms with Gasteiger partial charge in [-0.05, 0) is 197 Å². The molecule has 70 heavy (non-hydrogen) atoms. The van der Waals surface area contributed by atoms with Gasteiger partial charge in [0, 0.05) is 0 Å². The normalized spacial score (nSPS) is 13.8. The first kappa shape index (κ1) is 54.6. The van der Waals surface area contributed by atoms with E-state index in [1.165, 1.54) is 111 Å². The molecule has 0 nitrogen and oxygen atoms in total. The van der Waals surface area contributed by atoms with E-state index in [1.807, 2.05) is 0 Å². The minimum Gasteiger partial charge on any atom is -0.0587 e. The van der Waals surface area contributed by atoms with Crippen molar-refractivity contribution in [3.05, 3.63) is 164 Å². The van der Waals surface area contributed by atoms with Gasteiger partial charge in [-0.15, -0.1) is 0 Å². The summed E-state index contributed by atoms with van der Waals surface area (Å²) in [5.74, 6) is 1.27. The van der Waals surface area contributed by atoms with Crippen LogP contribution >= 0.6 is 0 Å². The zero-order chi connectivity index (χ0) is 52.2. The number of hydrogen-bond acceptors (Lipinski definition) is 0. The van der Waals surface area contributed by atoms with Crippen LogP contribution in [0.4, 0.5) is 0 Å². The van der Waals surface area contributed by atoms with Crippen molar-refractivity contribution in [1.29, 1.82) is 0 Å². The molecule has 0 aliphatic rings. The summed E-state index contributed by atoms with van der Waals surface area (Å²) >= 11 is 0. The minimum atomic E-state index is 0.0419. The quantitative estimate of drug-likeness (QED) is 0.121. The standard InChI is InChI=1S/C70H94/c1-43(2)50-27-29-58(64(39-50)62-33-44(3)31-60(48(62)7)51-35-54(67(12,13)14)40-55(36-51)68(15,16)17)46(5)25-24-26-47(6)59-30-28-53(66(9,10)11)42-65(59)63-34-45(4)32-61(49(63)8)52-37-56(69(18,19)20)41-57(38-52)70(21,22)23/h27-43,46-47H,24-26H2,1-23H3. The van der Waals surface area contributed by atoms with Gasteiger partial charge in [-0.3, -0.25) is 0 Å². The first-order valence-electron chi connectivity index (χ1n) is 27.0. The molecule has 0 heterocycles. The Labute approximate surface area is 429 Å². The second-order valence-electron chi connectivity index (χ2n) is 27.4. The summed E-state index contributed by atoms with van der Waals surface area (Å²) in [5, 5.41) is 0. The molecule has 0 saturated heterocycles. The van der Waals surface area contributed by atoms with Crippen LogP contribution in [0.25, 0.3) is 44.5 Å². The van der Waals surface area contributed by atoms with E-state index in [0.29, 0.717) is 17.8 Å². The SMILES string of the molecule is Cc1cc(-c2cc(C(C)(C)C)cc(C(C)(C)C)c2)c(C)c(-c2cc(C(C)C)ccc2C(C)CCCC(C)c2ccc(C(C)(C)C)cc2-c2cc(C)cc(-c3cc(C(C)(C)C)cc(C(C)(C)C)c3)c2C)c1. The van der Waals surface area contributed by atoms with E-state index in [2.05, 4.69) is 256 Å². The Kier molecular flexibility index (Phi) is 15.7. The van der Waals surface area contributed by atoms with E-state index < -0.39 is 0 Å². The second-order valence-corrected chi connectivity index (χ2v) is 27.4. The number of benzene rings is 6. The van der Waals surface area contributed by atoms with E-state index in [0.717, 1.165) is 19.3 Å². The number of aryl methyl sites for hydroxylation is 2. The highest BCUT2D eigenvalue weighted by Gasteiger charge is 2.27. The van der Waals surface area contributed by atoms with Gasteiger partial charge in [0.1, 0.15) is 0 Å². The molecule has 0 amide bonds. The fourth-order valence-corrected chi connectivity index (χ4v) is 10.5.